The molecule has 1 unspecified atom stereocenters. The van der Waals surface area contributed by atoms with Crippen molar-refractivity contribution in [2.45, 2.75) is 26.3 Å². The minimum atomic E-state index is -0.879. The Labute approximate surface area is 201 Å². The van der Waals surface area contributed by atoms with E-state index < -0.39 is 17.9 Å². The van der Waals surface area contributed by atoms with Gasteiger partial charge < -0.3 is 31.3 Å². The molecule has 1 aromatic carbocycles. The van der Waals surface area contributed by atoms with Crippen LogP contribution in [0.3, 0.4) is 0 Å². The Kier molecular flexibility index (Phi) is 13.8. The van der Waals surface area contributed by atoms with Gasteiger partial charge in [0.2, 0.25) is 0 Å². The Hall–Kier alpha value is -2.73. The van der Waals surface area contributed by atoms with Crippen LogP contribution in [-0.2, 0) is 20.8 Å². The van der Waals surface area contributed by atoms with Crippen LogP contribution < -0.4 is 11.1 Å². The first kappa shape index (κ1) is 29.3. The molecular weight excluding hydrogens is 442 g/mol. The van der Waals surface area contributed by atoms with Gasteiger partial charge in [0.25, 0.3) is 5.97 Å². The maximum absolute atomic E-state index is 11.6. The number of nitrogen functional groups attached to an aromatic ring is 1. The van der Waals surface area contributed by atoms with E-state index in [4.69, 9.17) is 15.6 Å². The molecule has 0 bridgehead atoms. The fraction of sp³-hybridized carbons (Fsp3) is 0.609. The monoisotopic (exact) mass is 481 g/mol. The molecule has 11 nitrogen and oxygen atoms in total. The summed E-state index contributed by atoms with van der Waals surface area (Å²) in [6.07, 6.45) is 0.628. The topological polar surface area (TPSA) is 160 Å². The number of hydrogen-bond donors (Lipinski definition) is 5. The minimum absolute atomic E-state index is 0.0675. The predicted molar refractivity (Wildman–Crippen MR) is 130 cm³/mol. The second kappa shape index (κ2) is 16.0. The molecule has 1 heterocycles. The second-order valence-electron chi connectivity index (χ2n) is 8.30. The summed E-state index contributed by atoms with van der Waals surface area (Å²) in [5.41, 5.74) is 7.53. The lowest BCUT2D eigenvalue weighted by molar-refractivity contribution is -0.141. The summed E-state index contributed by atoms with van der Waals surface area (Å²) in [6, 6.07) is 7.45. The first-order valence-electron chi connectivity index (χ1n) is 11.5. The molecule has 2 rings (SSSR count). The zero-order chi connectivity index (χ0) is 25.5. The van der Waals surface area contributed by atoms with Gasteiger partial charge >= 0.3 is 11.9 Å². The van der Waals surface area contributed by atoms with Gasteiger partial charge in [-0.1, -0.05) is 19.1 Å². The molecule has 6 N–H and O–H groups in total. The van der Waals surface area contributed by atoms with E-state index >= 15 is 0 Å². The van der Waals surface area contributed by atoms with Crippen molar-refractivity contribution in [3.63, 3.8) is 0 Å². The quantitative estimate of drug-likeness (QED) is 0.333. The summed E-state index contributed by atoms with van der Waals surface area (Å²) in [5, 5.41) is 29.7. The summed E-state index contributed by atoms with van der Waals surface area (Å²) in [4.78, 5) is 38.2. The summed E-state index contributed by atoms with van der Waals surface area (Å²) in [5.74, 6) is -2.59. The number of likely N-dealkylation sites (N-methyl/N-ethyl adjacent to an activating group) is 1. The largest absolute Gasteiger partial charge is 0.481 e. The third kappa shape index (κ3) is 13.1. The van der Waals surface area contributed by atoms with E-state index in [1.165, 1.54) is 0 Å². The Bertz CT molecular complexity index is 757. The fourth-order valence-corrected chi connectivity index (χ4v) is 3.82. The van der Waals surface area contributed by atoms with Crippen molar-refractivity contribution in [2.24, 2.45) is 0 Å². The SMILES string of the molecule is CC(=O)O.CCN1CCNCCN(CC(=O)O)CC(Cc2ccc(N)cc2)N(CC(=O)O)CC1. The molecular formula is C23H39N5O6. The molecule has 1 aromatic rings. The Morgan fingerprint density at radius 2 is 1.50 bits per heavy atom. The van der Waals surface area contributed by atoms with Crippen LogP contribution in [0.4, 0.5) is 5.69 Å². The predicted octanol–water partition coefficient (Wildman–Crippen LogP) is -0.0309. The van der Waals surface area contributed by atoms with Crippen LogP contribution in [0.25, 0.3) is 0 Å². The average Bonchev–Trinajstić information content (AvgIpc) is 2.73. The van der Waals surface area contributed by atoms with Crippen molar-refractivity contribution in [3.8, 4) is 0 Å². The first-order chi connectivity index (χ1) is 16.1. The number of aliphatic carboxylic acids is 3. The van der Waals surface area contributed by atoms with Crippen LogP contribution in [-0.4, -0.2) is 119 Å². The lowest BCUT2D eigenvalue weighted by atomic mass is 10.0. The lowest BCUT2D eigenvalue weighted by Gasteiger charge is -2.36. The van der Waals surface area contributed by atoms with Gasteiger partial charge in [-0.15, -0.1) is 0 Å². The standard InChI is InChI=1S/C21H35N5O4.C2H4O2/c1-2-24-9-7-23-8-10-25(15-20(27)28)14-19(26(12-11-24)16-21(29)30)13-17-3-5-18(22)6-4-17;1-2(3)4/h3-6,19,23H,2,7-16,22H2,1H3,(H,27,28)(H,29,30);1H3,(H,3,4). The number of nitrogens with zero attached hydrogens (tertiary/aromatic N) is 3. The van der Waals surface area contributed by atoms with E-state index in [2.05, 4.69) is 17.1 Å². The lowest BCUT2D eigenvalue weighted by Crippen LogP contribution is -2.52. The average molecular weight is 482 g/mol. The summed E-state index contributed by atoms with van der Waals surface area (Å²) in [7, 11) is 0. The van der Waals surface area contributed by atoms with Gasteiger partial charge in [0.05, 0.1) is 13.1 Å². The van der Waals surface area contributed by atoms with Crippen LogP contribution in [0.15, 0.2) is 24.3 Å². The third-order valence-corrected chi connectivity index (χ3v) is 5.49. The smallest absolute Gasteiger partial charge is 0.317 e. The molecule has 1 aliphatic rings. The van der Waals surface area contributed by atoms with E-state index in [1.807, 2.05) is 34.1 Å². The van der Waals surface area contributed by atoms with Gasteiger partial charge in [0.15, 0.2) is 0 Å². The Balaban J connectivity index is 0.00000133. The number of rotatable bonds is 7. The van der Waals surface area contributed by atoms with Crippen molar-refractivity contribution in [2.75, 3.05) is 71.2 Å². The number of nitrogens with two attached hydrogens (primary N) is 1. The molecule has 1 saturated heterocycles. The number of carboxylic acid groups (broad SMARTS) is 3. The molecule has 1 atom stereocenters. The number of hydrogen-bond acceptors (Lipinski definition) is 8. The van der Waals surface area contributed by atoms with Gasteiger partial charge in [0, 0.05) is 64.5 Å². The van der Waals surface area contributed by atoms with Gasteiger partial charge in [-0.05, 0) is 30.7 Å². The minimum Gasteiger partial charge on any atom is -0.481 e. The van der Waals surface area contributed by atoms with Gasteiger partial charge in [-0.25, -0.2) is 0 Å². The number of anilines is 1. The summed E-state index contributed by atoms with van der Waals surface area (Å²) >= 11 is 0. The molecule has 0 saturated carbocycles. The zero-order valence-electron chi connectivity index (χ0n) is 20.2. The molecule has 0 amide bonds. The Morgan fingerprint density at radius 3 is 2.03 bits per heavy atom. The maximum atomic E-state index is 11.6. The first-order valence-corrected chi connectivity index (χ1v) is 11.5. The highest BCUT2D eigenvalue weighted by molar-refractivity contribution is 5.69. The van der Waals surface area contributed by atoms with E-state index in [1.54, 1.807) is 0 Å². The van der Waals surface area contributed by atoms with E-state index in [0.29, 0.717) is 38.3 Å². The van der Waals surface area contributed by atoms with Crippen molar-refractivity contribution >= 4 is 23.6 Å². The molecule has 1 fully saturated rings. The van der Waals surface area contributed by atoms with E-state index in [-0.39, 0.29) is 19.1 Å². The van der Waals surface area contributed by atoms with Crippen LogP contribution in [0, 0.1) is 0 Å². The molecule has 0 radical (unpaired) electrons. The van der Waals surface area contributed by atoms with Gasteiger partial charge in [-0.3, -0.25) is 24.2 Å². The highest BCUT2D eigenvalue weighted by atomic mass is 16.4. The highest BCUT2D eigenvalue weighted by Crippen LogP contribution is 2.14. The normalized spacial score (nSPS) is 19.2. The van der Waals surface area contributed by atoms with Crippen LogP contribution in [0.5, 0.6) is 0 Å². The Morgan fingerprint density at radius 1 is 0.941 bits per heavy atom. The number of carbonyl (C=O) groups is 3. The number of carboxylic acids is 3. The maximum Gasteiger partial charge on any atom is 0.317 e. The van der Waals surface area contributed by atoms with Crippen LogP contribution in [0.2, 0.25) is 0 Å². The highest BCUT2D eigenvalue weighted by Gasteiger charge is 2.25. The molecule has 0 spiro atoms. The fourth-order valence-electron chi connectivity index (χ4n) is 3.82. The van der Waals surface area contributed by atoms with Crippen molar-refractivity contribution in [3.05, 3.63) is 29.8 Å². The number of nitrogens with one attached hydrogen (secondary N) is 1. The molecule has 1 aliphatic heterocycles. The summed E-state index contributed by atoms with van der Waals surface area (Å²) < 4.78 is 0. The van der Waals surface area contributed by atoms with E-state index in [0.717, 1.165) is 38.7 Å². The third-order valence-electron chi connectivity index (χ3n) is 5.49. The second-order valence-corrected chi connectivity index (χ2v) is 8.30. The number of benzene rings is 1. The van der Waals surface area contributed by atoms with E-state index in [9.17, 15) is 19.8 Å². The summed E-state index contributed by atoms with van der Waals surface area (Å²) in [6.45, 7) is 8.79. The van der Waals surface area contributed by atoms with Crippen molar-refractivity contribution < 1.29 is 29.7 Å². The molecule has 192 valence electrons. The zero-order valence-corrected chi connectivity index (χ0v) is 20.2. The molecule has 11 heteroatoms. The van der Waals surface area contributed by atoms with Gasteiger partial charge in [0.1, 0.15) is 0 Å². The van der Waals surface area contributed by atoms with Crippen LogP contribution >= 0.6 is 0 Å². The molecule has 0 aromatic heterocycles. The molecule has 0 aliphatic carbocycles. The van der Waals surface area contributed by atoms with Crippen molar-refractivity contribution in [1.29, 1.82) is 0 Å². The van der Waals surface area contributed by atoms with Gasteiger partial charge in [-0.2, -0.15) is 0 Å². The molecule has 34 heavy (non-hydrogen) atoms. The van der Waals surface area contributed by atoms with Crippen molar-refractivity contribution in [1.82, 2.24) is 20.0 Å². The van der Waals surface area contributed by atoms with Crippen LogP contribution in [0.1, 0.15) is 19.4 Å².